The van der Waals surface area contributed by atoms with Gasteiger partial charge in [0.05, 0.1) is 31.6 Å². The van der Waals surface area contributed by atoms with Crippen molar-refractivity contribution in [2.24, 2.45) is 56.7 Å². The number of aliphatic hydroxyl groups excluding tert-OH is 1. The van der Waals surface area contributed by atoms with Gasteiger partial charge in [0.15, 0.2) is 5.76 Å². The number of carbonyl (C=O) groups is 2. The number of amides is 2. The van der Waals surface area contributed by atoms with E-state index in [-0.39, 0.29) is 41.0 Å². The molecule has 11 atom stereocenters. The highest BCUT2D eigenvalue weighted by Crippen LogP contribution is 2.78. The number of anilines is 1. The Bertz CT molecular complexity index is 1850. The van der Waals surface area contributed by atoms with Crippen LogP contribution < -0.4 is 10.1 Å². The summed E-state index contributed by atoms with van der Waals surface area (Å²) >= 11 is 0. The van der Waals surface area contributed by atoms with Crippen molar-refractivity contribution in [2.45, 2.75) is 104 Å². The number of ketones is 1. The fourth-order valence-corrected chi connectivity index (χ4v) is 14.0. The summed E-state index contributed by atoms with van der Waals surface area (Å²) in [6.45, 7) is 10.3. The molecule has 9 aliphatic carbocycles. The van der Waals surface area contributed by atoms with Crippen LogP contribution in [0.4, 0.5) is 10.5 Å². The molecule has 1 heterocycles. The maximum Gasteiger partial charge on any atom is 0.321 e. The Labute approximate surface area is 314 Å². The van der Waals surface area contributed by atoms with E-state index in [0.29, 0.717) is 42.7 Å². The summed E-state index contributed by atoms with van der Waals surface area (Å²) in [5.74, 6) is 2.89. The summed E-state index contributed by atoms with van der Waals surface area (Å²) in [6, 6.07) is 10.8. The van der Waals surface area contributed by atoms with Gasteiger partial charge < -0.3 is 29.6 Å². The number of rotatable bonds is 8. The third-order valence-corrected chi connectivity index (χ3v) is 17.2. The minimum Gasteiger partial charge on any atom is -0.497 e. The van der Waals surface area contributed by atoms with Crippen LogP contribution in [0.1, 0.15) is 102 Å². The fourth-order valence-electron chi connectivity index (χ4n) is 14.0. The molecule has 0 saturated heterocycles. The number of urea groups is 1. The van der Waals surface area contributed by atoms with Crippen LogP contribution in [0.3, 0.4) is 0 Å². The summed E-state index contributed by atoms with van der Waals surface area (Å²) < 4.78 is 11.1. The second-order valence-electron chi connectivity index (χ2n) is 19.4. The summed E-state index contributed by atoms with van der Waals surface area (Å²) in [5.41, 5.74) is -1.04. The number of ether oxygens (including phenoxy) is 1. The van der Waals surface area contributed by atoms with Gasteiger partial charge in [-0.15, -0.1) is 0 Å². The maximum absolute atomic E-state index is 14.6. The Balaban J connectivity index is 1.08. The van der Waals surface area contributed by atoms with E-state index in [4.69, 9.17) is 9.15 Å². The van der Waals surface area contributed by atoms with Crippen molar-refractivity contribution in [1.29, 1.82) is 0 Å². The number of furan rings is 1. The zero-order valence-corrected chi connectivity index (χ0v) is 32.2. The monoisotopic (exact) mass is 722 g/mol. The second-order valence-corrected chi connectivity index (χ2v) is 19.4. The van der Waals surface area contributed by atoms with Gasteiger partial charge in [-0.1, -0.05) is 45.9 Å². The van der Waals surface area contributed by atoms with Gasteiger partial charge in [-0.2, -0.15) is 0 Å². The van der Waals surface area contributed by atoms with Crippen molar-refractivity contribution in [3.05, 3.63) is 72.2 Å². The van der Waals surface area contributed by atoms with Gasteiger partial charge in [0.1, 0.15) is 5.75 Å². The summed E-state index contributed by atoms with van der Waals surface area (Å²) in [5, 5.41) is 27.4. The molecular formula is C45H58N2O6. The smallest absolute Gasteiger partial charge is 0.321 e. The van der Waals surface area contributed by atoms with Crippen molar-refractivity contribution < 1.29 is 29.0 Å². The molecule has 6 saturated carbocycles. The Kier molecular flexibility index (Phi) is 7.88. The van der Waals surface area contributed by atoms with Crippen LogP contribution in [0.5, 0.6) is 5.75 Å². The number of Topliss-reactive ketones (excluding diaryl/α,β-unsaturated/α-hetero) is 1. The molecule has 8 heteroatoms. The predicted octanol–water partition coefficient (Wildman–Crippen LogP) is 8.67. The zero-order chi connectivity index (χ0) is 37.2. The lowest BCUT2D eigenvalue weighted by molar-refractivity contribution is -0.176. The summed E-state index contributed by atoms with van der Waals surface area (Å²) in [7, 11) is 1.63. The van der Waals surface area contributed by atoms with Crippen LogP contribution in [-0.2, 0) is 0 Å². The van der Waals surface area contributed by atoms with Gasteiger partial charge in [0.2, 0.25) is 5.78 Å². The molecule has 8 nitrogen and oxygen atoms in total. The molecule has 0 aliphatic heterocycles. The molecular weight excluding hydrogens is 665 g/mol. The SMILES string of the molecule is COc1ccc(NC(=O)N(C[C@@H]2CC[C@H]3C[C@@H]2C3(C)C)C[C@]2(O)CC[C@H]3[C@]45C=C[C@@]6(C=C4C(=O)c4ccco4)CC(O)CC[C@]6(C)[C@H]5CC[C@@]32C)cc1. The largest absolute Gasteiger partial charge is 0.497 e. The quantitative estimate of drug-likeness (QED) is 0.186. The van der Waals surface area contributed by atoms with Crippen LogP contribution in [0.25, 0.3) is 0 Å². The van der Waals surface area contributed by atoms with E-state index in [9.17, 15) is 19.8 Å². The molecule has 9 aliphatic rings. The number of methoxy groups -OCH3 is 1. The second kappa shape index (κ2) is 11.8. The molecule has 6 fully saturated rings. The minimum absolute atomic E-state index is 0.00496. The van der Waals surface area contributed by atoms with E-state index in [1.807, 2.05) is 29.2 Å². The van der Waals surface area contributed by atoms with Crippen LogP contribution in [0, 0.1) is 56.7 Å². The first kappa shape index (κ1) is 35.3. The third kappa shape index (κ3) is 4.79. The number of allylic oxidation sites excluding steroid dienone is 4. The third-order valence-electron chi connectivity index (χ3n) is 17.2. The number of hydrogen-bond donors (Lipinski definition) is 3. The number of nitrogens with zero attached hydrogens (tertiary/aromatic N) is 1. The van der Waals surface area contributed by atoms with E-state index in [1.165, 1.54) is 12.8 Å². The van der Waals surface area contributed by atoms with E-state index in [0.717, 1.165) is 55.8 Å². The molecule has 1 aromatic carbocycles. The minimum atomic E-state index is -1.15. The number of carbonyl (C=O) groups excluding carboxylic acids is 2. The standard InChI is InChI=1S/C45H58N2O6/c1-40(2)29-9-8-28(33(40)23-29)26-47(39(50)46-30-10-12-32(52-5)13-11-30)27-44(51)19-16-37-42(44,4)18-15-36-41(3)17-14-31(48)24-43(41)20-21-45(36,37)34(25-43)38(49)35-7-6-22-53-35/h6-7,10-13,20-22,25,28-29,31,33,36-37,48,51H,8-9,14-19,23-24,26-27H2,1-5H3,(H,46,50)/t28-,29-,31?,33-,36+,37+,41+,42-,43-,44+,45+/m0/s1. The highest BCUT2D eigenvalue weighted by molar-refractivity contribution is 6.08. The molecule has 2 amide bonds. The molecule has 1 unspecified atom stereocenters. The van der Waals surface area contributed by atoms with Crippen LogP contribution in [0.2, 0.25) is 0 Å². The van der Waals surface area contributed by atoms with E-state index < -0.39 is 27.9 Å². The first-order valence-corrected chi connectivity index (χ1v) is 20.3. The lowest BCUT2D eigenvalue weighted by Crippen LogP contribution is -2.67. The molecule has 2 spiro atoms. The molecule has 284 valence electrons. The predicted molar refractivity (Wildman–Crippen MR) is 203 cm³/mol. The zero-order valence-electron chi connectivity index (χ0n) is 32.2. The van der Waals surface area contributed by atoms with Gasteiger partial charge in [0, 0.05) is 34.1 Å². The Hall–Kier alpha value is -3.36. The van der Waals surface area contributed by atoms with Gasteiger partial charge in [-0.3, -0.25) is 4.79 Å². The molecule has 1 aromatic heterocycles. The highest BCUT2D eigenvalue weighted by Gasteiger charge is 2.74. The van der Waals surface area contributed by atoms with Crippen molar-refractivity contribution in [1.82, 2.24) is 4.90 Å². The first-order chi connectivity index (χ1) is 25.2. The Morgan fingerprint density at radius 3 is 2.38 bits per heavy atom. The first-order valence-electron chi connectivity index (χ1n) is 20.3. The molecule has 53 heavy (non-hydrogen) atoms. The van der Waals surface area contributed by atoms with E-state index in [1.54, 1.807) is 25.5 Å². The van der Waals surface area contributed by atoms with Gasteiger partial charge in [-0.05, 0) is 141 Å². The lowest BCUT2D eigenvalue weighted by Gasteiger charge is -2.71. The molecule has 3 N–H and O–H groups in total. The van der Waals surface area contributed by atoms with Crippen LogP contribution in [0.15, 0.2) is 70.9 Å². The van der Waals surface area contributed by atoms with E-state index in [2.05, 4.69) is 51.2 Å². The molecule has 0 radical (unpaired) electrons. The number of hydrogen-bond acceptors (Lipinski definition) is 6. The number of aliphatic hydroxyl groups is 2. The summed E-state index contributed by atoms with van der Waals surface area (Å²) in [6.07, 6.45) is 16.9. The normalized spacial score (nSPS) is 42.7. The lowest BCUT2D eigenvalue weighted by atomic mass is 9.32. The fraction of sp³-hybridized carbons (Fsp3) is 0.644. The Morgan fingerprint density at radius 2 is 1.68 bits per heavy atom. The molecule has 4 bridgehead atoms. The van der Waals surface area contributed by atoms with Crippen molar-refractivity contribution in [2.75, 3.05) is 25.5 Å². The van der Waals surface area contributed by atoms with Gasteiger partial charge >= 0.3 is 6.03 Å². The van der Waals surface area contributed by atoms with E-state index >= 15 is 0 Å². The number of nitrogens with one attached hydrogen (secondary N) is 1. The topological polar surface area (TPSA) is 112 Å². The number of benzene rings is 1. The highest BCUT2D eigenvalue weighted by atomic mass is 16.5. The van der Waals surface area contributed by atoms with Crippen molar-refractivity contribution in [3.63, 3.8) is 0 Å². The average Bonchev–Trinajstić information content (AvgIpc) is 3.78. The Morgan fingerprint density at radius 1 is 0.943 bits per heavy atom. The van der Waals surface area contributed by atoms with Gasteiger partial charge in [0.25, 0.3) is 0 Å². The van der Waals surface area contributed by atoms with Crippen LogP contribution >= 0.6 is 0 Å². The maximum atomic E-state index is 14.6. The molecule has 2 aromatic rings. The van der Waals surface area contributed by atoms with Crippen LogP contribution in [-0.4, -0.2) is 58.8 Å². The number of fused-ring (bicyclic) bond motifs is 3. The van der Waals surface area contributed by atoms with Gasteiger partial charge in [-0.25, -0.2) is 4.79 Å². The van der Waals surface area contributed by atoms with Crippen molar-refractivity contribution in [3.8, 4) is 5.75 Å². The summed E-state index contributed by atoms with van der Waals surface area (Å²) in [4.78, 5) is 31.0. The van der Waals surface area contributed by atoms with Crippen molar-refractivity contribution >= 4 is 17.5 Å². The molecule has 11 rings (SSSR count). The average molecular weight is 723 g/mol.